The van der Waals surface area contributed by atoms with E-state index in [9.17, 15) is 24.8 Å². The SMILES string of the molecule is CC(C)(C)c1ccc(C(=O)Nc2cnn(C(C)(C)C(=O)O)c2)cc1[N+](=O)[O-]. The standard InChI is InChI=1S/C18H22N4O5/c1-17(2,3)13-7-6-11(8-14(13)22(26)27)15(23)20-12-9-19-21(10-12)18(4,5)16(24)25/h6-10H,1-5H3,(H,20,23)(H,24,25). The van der Waals surface area contributed by atoms with Crippen molar-refractivity contribution < 1.29 is 19.6 Å². The first-order valence-electron chi connectivity index (χ1n) is 8.23. The molecule has 2 rings (SSSR count). The van der Waals surface area contributed by atoms with Gasteiger partial charge < -0.3 is 10.4 Å². The van der Waals surface area contributed by atoms with E-state index in [1.54, 1.807) is 6.07 Å². The Morgan fingerprint density at radius 1 is 1.22 bits per heavy atom. The van der Waals surface area contributed by atoms with E-state index in [2.05, 4.69) is 10.4 Å². The molecule has 0 radical (unpaired) electrons. The molecule has 27 heavy (non-hydrogen) atoms. The van der Waals surface area contributed by atoms with Crippen LogP contribution in [0.1, 0.15) is 50.5 Å². The fourth-order valence-corrected chi connectivity index (χ4v) is 2.45. The first kappa shape index (κ1) is 20.1. The lowest BCUT2D eigenvalue weighted by Gasteiger charge is -2.19. The molecule has 9 heteroatoms. The van der Waals surface area contributed by atoms with Crippen LogP contribution in [-0.2, 0) is 15.7 Å². The van der Waals surface area contributed by atoms with Gasteiger partial charge in [0.25, 0.3) is 11.6 Å². The van der Waals surface area contributed by atoms with E-state index in [0.717, 1.165) is 0 Å². The van der Waals surface area contributed by atoms with Crippen molar-refractivity contribution in [1.29, 1.82) is 0 Å². The number of nitrogens with one attached hydrogen (secondary N) is 1. The van der Waals surface area contributed by atoms with Crippen LogP contribution in [0, 0.1) is 10.1 Å². The average Bonchev–Trinajstić information content (AvgIpc) is 3.02. The molecule has 0 saturated heterocycles. The second-order valence-electron chi connectivity index (χ2n) is 7.73. The molecule has 2 N–H and O–H groups in total. The summed E-state index contributed by atoms with van der Waals surface area (Å²) in [6, 6.07) is 4.33. The predicted molar refractivity (Wildman–Crippen MR) is 98.9 cm³/mol. The van der Waals surface area contributed by atoms with E-state index in [-0.39, 0.29) is 16.9 Å². The summed E-state index contributed by atoms with van der Waals surface area (Å²) in [4.78, 5) is 34.6. The lowest BCUT2D eigenvalue weighted by atomic mass is 9.85. The summed E-state index contributed by atoms with van der Waals surface area (Å²) in [6.07, 6.45) is 2.71. The molecule has 144 valence electrons. The molecule has 1 aromatic carbocycles. The van der Waals surface area contributed by atoms with Gasteiger partial charge in [0.2, 0.25) is 0 Å². The van der Waals surface area contributed by atoms with Crippen LogP contribution in [0.5, 0.6) is 0 Å². The van der Waals surface area contributed by atoms with E-state index in [4.69, 9.17) is 0 Å². The Hall–Kier alpha value is -3.23. The topological polar surface area (TPSA) is 127 Å². The Morgan fingerprint density at radius 3 is 2.37 bits per heavy atom. The number of amides is 1. The van der Waals surface area contributed by atoms with Gasteiger partial charge in [-0.3, -0.25) is 19.6 Å². The lowest BCUT2D eigenvalue weighted by molar-refractivity contribution is -0.386. The summed E-state index contributed by atoms with van der Waals surface area (Å²) in [5, 5.41) is 27.1. The summed E-state index contributed by atoms with van der Waals surface area (Å²) in [5.41, 5.74) is -0.911. The molecule has 1 heterocycles. The van der Waals surface area contributed by atoms with Gasteiger partial charge in [-0.05, 0) is 25.3 Å². The molecule has 9 nitrogen and oxygen atoms in total. The smallest absolute Gasteiger partial charge is 0.331 e. The lowest BCUT2D eigenvalue weighted by Crippen LogP contribution is -2.35. The number of carboxylic acids is 1. The van der Waals surface area contributed by atoms with Crippen molar-refractivity contribution in [3.8, 4) is 0 Å². The predicted octanol–water partition coefficient (Wildman–Crippen LogP) is 3.16. The number of nitro groups is 1. The zero-order valence-corrected chi connectivity index (χ0v) is 15.8. The molecule has 0 bridgehead atoms. The molecule has 1 amide bonds. The normalized spacial score (nSPS) is 11.9. The van der Waals surface area contributed by atoms with Crippen LogP contribution >= 0.6 is 0 Å². The van der Waals surface area contributed by atoms with Gasteiger partial charge in [-0.1, -0.05) is 26.8 Å². The van der Waals surface area contributed by atoms with E-state index in [1.807, 2.05) is 20.8 Å². The van der Waals surface area contributed by atoms with Gasteiger partial charge >= 0.3 is 5.97 Å². The number of benzene rings is 1. The number of aromatic nitrogens is 2. The van der Waals surface area contributed by atoms with Crippen LogP contribution in [0.3, 0.4) is 0 Å². The minimum absolute atomic E-state index is 0.125. The highest BCUT2D eigenvalue weighted by Crippen LogP contribution is 2.32. The number of carboxylic acid groups (broad SMARTS) is 1. The minimum atomic E-state index is -1.28. The number of anilines is 1. The first-order valence-corrected chi connectivity index (χ1v) is 8.23. The Labute approximate surface area is 156 Å². The molecule has 0 aliphatic heterocycles. The van der Waals surface area contributed by atoms with Crippen molar-refractivity contribution in [2.45, 2.75) is 45.6 Å². The molecule has 0 aliphatic carbocycles. The first-order chi connectivity index (χ1) is 12.3. The maximum atomic E-state index is 12.5. The van der Waals surface area contributed by atoms with Crippen molar-refractivity contribution in [2.75, 3.05) is 5.32 Å². The highest BCUT2D eigenvalue weighted by atomic mass is 16.6. The van der Waals surface area contributed by atoms with Gasteiger partial charge in [-0.2, -0.15) is 5.10 Å². The third-order valence-electron chi connectivity index (χ3n) is 4.20. The second-order valence-corrected chi connectivity index (χ2v) is 7.73. The molecule has 0 atom stereocenters. The zero-order valence-electron chi connectivity index (χ0n) is 15.8. The molecule has 0 unspecified atom stereocenters. The van der Waals surface area contributed by atoms with E-state index >= 15 is 0 Å². The van der Waals surface area contributed by atoms with Crippen molar-refractivity contribution in [2.24, 2.45) is 0 Å². The molecular weight excluding hydrogens is 352 g/mol. The number of nitro benzene ring substituents is 1. The number of hydrogen-bond donors (Lipinski definition) is 2. The number of aliphatic carboxylic acids is 1. The molecule has 0 fully saturated rings. The monoisotopic (exact) mass is 374 g/mol. The van der Waals surface area contributed by atoms with Gasteiger partial charge in [0.15, 0.2) is 5.54 Å². The summed E-state index contributed by atoms with van der Waals surface area (Å²) in [6.45, 7) is 8.51. The van der Waals surface area contributed by atoms with Crippen LogP contribution in [0.4, 0.5) is 11.4 Å². The minimum Gasteiger partial charge on any atom is -0.479 e. The van der Waals surface area contributed by atoms with Gasteiger partial charge in [0.05, 0.1) is 16.8 Å². The second kappa shape index (κ2) is 6.82. The maximum Gasteiger partial charge on any atom is 0.331 e. The fraction of sp³-hybridized carbons (Fsp3) is 0.389. The van der Waals surface area contributed by atoms with Crippen molar-refractivity contribution >= 4 is 23.3 Å². The number of carbonyl (C=O) groups is 2. The highest BCUT2D eigenvalue weighted by Gasteiger charge is 2.30. The van der Waals surface area contributed by atoms with Crippen LogP contribution in [0.15, 0.2) is 30.6 Å². The van der Waals surface area contributed by atoms with Crippen molar-refractivity contribution in [3.05, 3.63) is 51.8 Å². The van der Waals surface area contributed by atoms with Gasteiger partial charge in [0, 0.05) is 23.4 Å². The quantitative estimate of drug-likeness (QED) is 0.611. The van der Waals surface area contributed by atoms with Crippen molar-refractivity contribution in [1.82, 2.24) is 9.78 Å². The molecule has 0 aliphatic rings. The Bertz CT molecular complexity index is 909. The number of carbonyl (C=O) groups excluding carboxylic acids is 1. The number of nitrogens with zero attached hydrogens (tertiary/aromatic N) is 3. The molecule has 0 saturated carbocycles. The summed E-state index contributed by atoms with van der Waals surface area (Å²) >= 11 is 0. The number of hydrogen-bond acceptors (Lipinski definition) is 5. The molecular formula is C18H22N4O5. The third kappa shape index (κ3) is 4.13. The van der Waals surface area contributed by atoms with E-state index < -0.39 is 27.8 Å². The van der Waals surface area contributed by atoms with Gasteiger partial charge in [0.1, 0.15) is 0 Å². The Morgan fingerprint density at radius 2 is 1.85 bits per heavy atom. The van der Waals surface area contributed by atoms with Gasteiger partial charge in [-0.25, -0.2) is 4.79 Å². The number of rotatable bonds is 5. The van der Waals surface area contributed by atoms with E-state index in [0.29, 0.717) is 5.56 Å². The van der Waals surface area contributed by atoms with Crippen LogP contribution in [0.25, 0.3) is 0 Å². The molecule has 0 spiro atoms. The zero-order chi connectivity index (χ0) is 20.6. The fourth-order valence-electron chi connectivity index (χ4n) is 2.45. The molecule has 2 aromatic rings. The average molecular weight is 374 g/mol. The van der Waals surface area contributed by atoms with Gasteiger partial charge in [-0.15, -0.1) is 0 Å². The third-order valence-corrected chi connectivity index (χ3v) is 4.20. The van der Waals surface area contributed by atoms with E-state index in [1.165, 1.54) is 43.1 Å². The maximum absolute atomic E-state index is 12.5. The molecule has 1 aromatic heterocycles. The van der Waals surface area contributed by atoms with Crippen LogP contribution in [-0.4, -0.2) is 31.7 Å². The van der Waals surface area contributed by atoms with Crippen molar-refractivity contribution in [3.63, 3.8) is 0 Å². The summed E-state index contributed by atoms with van der Waals surface area (Å²) in [7, 11) is 0. The Balaban J connectivity index is 2.29. The highest BCUT2D eigenvalue weighted by molar-refractivity contribution is 6.04. The summed E-state index contributed by atoms with van der Waals surface area (Å²) < 4.78 is 1.22. The summed E-state index contributed by atoms with van der Waals surface area (Å²) in [5.74, 6) is -1.62. The Kier molecular flexibility index (Phi) is 5.08. The largest absolute Gasteiger partial charge is 0.479 e. The van der Waals surface area contributed by atoms with Crippen LogP contribution in [0.2, 0.25) is 0 Å². The van der Waals surface area contributed by atoms with Crippen LogP contribution < -0.4 is 5.32 Å².